The lowest BCUT2D eigenvalue weighted by atomic mass is 9.64. The Labute approximate surface area is 164 Å². The number of para-hydroxylation sites is 1. The van der Waals surface area contributed by atoms with E-state index >= 15 is 0 Å². The van der Waals surface area contributed by atoms with Gasteiger partial charge in [0.2, 0.25) is 11.4 Å². The predicted octanol–water partition coefficient (Wildman–Crippen LogP) is 4.90. The second kappa shape index (κ2) is 6.18. The summed E-state index contributed by atoms with van der Waals surface area (Å²) in [6.07, 6.45) is 1.29. The first-order valence-electron chi connectivity index (χ1n) is 9.41. The van der Waals surface area contributed by atoms with Crippen LogP contribution in [0.4, 0.5) is 0 Å². The minimum atomic E-state index is -1.23. The number of carbonyl (C=O) groups is 1. The van der Waals surface area contributed by atoms with E-state index in [9.17, 15) is 4.79 Å². The largest absolute Gasteiger partial charge is 0.474 e. The summed E-state index contributed by atoms with van der Waals surface area (Å²) in [6, 6.07) is 27.2. The lowest BCUT2D eigenvalue weighted by Crippen LogP contribution is -2.57. The number of benzene rings is 3. The van der Waals surface area contributed by atoms with Crippen LogP contribution in [0.1, 0.15) is 27.6 Å². The molecule has 0 radical (unpaired) electrons. The van der Waals surface area contributed by atoms with E-state index in [0.717, 1.165) is 11.1 Å². The normalized spacial score (nSPS) is 28.1. The molecule has 0 amide bonds. The van der Waals surface area contributed by atoms with Crippen LogP contribution in [0.5, 0.6) is 5.75 Å². The molecular formula is C25H20O3. The van der Waals surface area contributed by atoms with Crippen LogP contribution in [0, 0.1) is 0 Å². The molecule has 1 saturated heterocycles. The van der Waals surface area contributed by atoms with Crippen molar-refractivity contribution in [2.45, 2.75) is 17.1 Å². The molecule has 0 unspecified atom stereocenters. The molecule has 1 spiro atoms. The van der Waals surface area contributed by atoms with Gasteiger partial charge in [0.1, 0.15) is 11.9 Å². The first-order chi connectivity index (χ1) is 13.7. The Balaban J connectivity index is 1.78. The van der Waals surface area contributed by atoms with Gasteiger partial charge in [-0.25, -0.2) is 0 Å². The van der Waals surface area contributed by atoms with E-state index in [1.165, 1.54) is 0 Å². The van der Waals surface area contributed by atoms with Crippen LogP contribution in [-0.2, 0) is 10.2 Å². The Morgan fingerprint density at radius 1 is 0.893 bits per heavy atom. The van der Waals surface area contributed by atoms with Crippen molar-refractivity contribution in [3.8, 4) is 5.75 Å². The molecule has 3 nitrogen and oxygen atoms in total. The molecular weight excluding hydrogens is 348 g/mol. The summed E-state index contributed by atoms with van der Waals surface area (Å²) >= 11 is 0. The van der Waals surface area contributed by atoms with Crippen molar-refractivity contribution in [3.05, 3.63) is 114 Å². The maximum Gasteiger partial charge on any atom is 0.216 e. The van der Waals surface area contributed by atoms with E-state index in [-0.39, 0.29) is 5.78 Å². The monoisotopic (exact) mass is 368 g/mol. The summed E-state index contributed by atoms with van der Waals surface area (Å²) in [5.74, 6) is 0.541. The van der Waals surface area contributed by atoms with Crippen molar-refractivity contribution in [2.24, 2.45) is 0 Å². The van der Waals surface area contributed by atoms with Crippen molar-refractivity contribution in [3.63, 3.8) is 0 Å². The standard InChI is InChI=1S/C25H20O3/c1-2-24(19-13-7-4-8-14-19)17-27-23(18-11-5-3-6-12-18)25(24)22(26)20-15-9-10-16-21(20)28-25/h2-16,23H,1,17H2/t23-,24+,25+/m0/s1. The first-order valence-corrected chi connectivity index (χ1v) is 9.41. The number of hydrogen-bond acceptors (Lipinski definition) is 3. The van der Waals surface area contributed by atoms with E-state index in [0.29, 0.717) is 17.9 Å². The minimum absolute atomic E-state index is 0.0572. The predicted molar refractivity (Wildman–Crippen MR) is 108 cm³/mol. The fraction of sp³-hybridized carbons (Fsp3) is 0.160. The second-order valence-corrected chi connectivity index (χ2v) is 7.31. The van der Waals surface area contributed by atoms with Gasteiger partial charge >= 0.3 is 0 Å². The number of ketones is 1. The molecule has 2 heterocycles. The molecule has 1 fully saturated rings. The van der Waals surface area contributed by atoms with Crippen LogP contribution in [0.25, 0.3) is 0 Å². The van der Waals surface area contributed by atoms with Gasteiger partial charge in [-0.3, -0.25) is 4.79 Å². The summed E-state index contributed by atoms with van der Waals surface area (Å²) < 4.78 is 12.9. The molecule has 138 valence electrons. The Kier molecular flexibility index (Phi) is 3.74. The van der Waals surface area contributed by atoms with E-state index in [4.69, 9.17) is 9.47 Å². The number of fused-ring (bicyclic) bond motifs is 1. The Morgan fingerprint density at radius 3 is 2.21 bits per heavy atom. The average Bonchev–Trinajstić information content (AvgIpc) is 3.26. The Hall–Kier alpha value is -3.17. The van der Waals surface area contributed by atoms with Crippen molar-refractivity contribution < 1.29 is 14.3 Å². The molecule has 0 saturated carbocycles. The zero-order valence-electron chi connectivity index (χ0n) is 15.4. The third kappa shape index (κ3) is 2.05. The fourth-order valence-corrected chi connectivity index (χ4v) is 4.62. The summed E-state index contributed by atoms with van der Waals surface area (Å²) in [7, 11) is 0. The Bertz CT molecular complexity index is 1040. The molecule has 2 aliphatic rings. The van der Waals surface area contributed by atoms with Gasteiger partial charge in [-0.1, -0.05) is 78.9 Å². The van der Waals surface area contributed by atoms with Crippen molar-refractivity contribution in [2.75, 3.05) is 6.61 Å². The minimum Gasteiger partial charge on any atom is -0.474 e. The highest BCUT2D eigenvalue weighted by atomic mass is 16.6. The van der Waals surface area contributed by atoms with Crippen LogP contribution < -0.4 is 4.74 Å². The second-order valence-electron chi connectivity index (χ2n) is 7.31. The van der Waals surface area contributed by atoms with Gasteiger partial charge in [-0.05, 0) is 23.3 Å². The lowest BCUT2D eigenvalue weighted by molar-refractivity contribution is -0.00681. The van der Waals surface area contributed by atoms with Gasteiger partial charge in [-0.15, -0.1) is 6.58 Å². The Morgan fingerprint density at radius 2 is 1.54 bits per heavy atom. The summed E-state index contributed by atoms with van der Waals surface area (Å²) in [5, 5.41) is 0. The number of Topliss-reactive ketones (excluding diaryl/α,β-unsaturated/α-hetero) is 1. The van der Waals surface area contributed by atoms with Crippen LogP contribution in [-0.4, -0.2) is 18.0 Å². The van der Waals surface area contributed by atoms with Gasteiger partial charge in [0.25, 0.3) is 0 Å². The molecule has 5 rings (SSSR count). The third-order valence-electron chi connectivity index (χ3n) is 5.99. The molecule has 0 aliphatic carbocycles. The highest BCUT2D eigenvalue weighted by molar-refractivity contribution is 6.09. The van der Waals surface area contributed by atoms with Crippen molar-refractivity contribution in [1.82, 2.24) is 0 Å². The van der Waals surface area contributed by atoms with E-state index in [2.05, 4.69) is 6.58 Å². The SMILES string of the molecule is C=C[C@]1(c2ccccc2)CO[C@@H](c2ccccc2)[C@@]12Oc1ccccc1C2=O. The van der Waals surface area contributed by atoms with Crippen LogP contribution in [0.3, 0.4) is 0 Å². The number of ether oxygens (including phenoxy) is 2. The zero-order chi connectivity index (χ0) is 19.2. The quantitative estimate of drug-likeness (QED) is 0.617. The van der Waals surface area contributed by atoms with Gasteiger partial charge in [0.15, 0.2) is 0 Å². The maximum atomic E-state index is 13.9. The molecule has 3 atom stereocenters. The summed E-state index contributed by atoms with van der Waals surface area (Å²) in [6.45, 7) is 4.44. The van der Waals surface area contributed by atoms with Crippen molar-refractivity contribution in [1.29, 1.82) is 0 Å². The molecule has 0 N–H and O–H groups in total. The topological polar surface area (TPSA) is 35.5 Å². The van der Waals surface area contributed by atoms with E-state index in [1.807, 2.05) is 91.0 Å². The smallest absolute Gasteiger partial charge is 0.216 e. The van der Waals surface area contributed by atoms with Gasteiger partial charge < -0.3 is 9.47 Å². The molecule has 0 bridgehead atoms. The van der Waals surface area contributed by atoms with Crippen molar-refractivity contribution >= 4 is 5.78 Å². The first kappa shape index (κ1) is 17.0. The molecule has 3 heteroatoms. The average molecular weight is 368 g/mol. The number of hydrogen-bond donors (Lipinski definition) is 0. The third-order valence-corrected chi connectivity index (χ3v) is 5.99. The van der Waals surface area contributed by atoms with E-state index < -0.39 is 17.1 Å². The zero-order valence-corrected chi connectivity index (χ0v) is 15.4. The number of carbonyl (C=O) groups excluding carboxylic acids is 1. The molecule has 3 aromatic carbocycles. The summed E-state index contributed by atoms with van der Waals surface area (Å²) in [5.41, 5.74) is 0.440. The highest BCUT2D eigenvalue weighted by Gasteiger charge is 2.70. The van der Waals surface area contributed by atoms with Gasteiger partial charge in [0, 0.05) is 0 Å². The number of rotatable bonds is 3. The molecule has 2 aliphatic heterocycles. The lowest BCUT2D eigenvalue weighted by Gasteiger charge is -2.40. The highest BCUT2D eigenvalue weighted by Crippen LogP contribution is 2.58. The molecule has 3 aromatic rings. The van der Waals surface area contributed by atoms with Gasteiger partial charge in [-0.2, -0.15) is 0 Å². The molecule has 28 heavy (non-hydrogen) atoms. The van der Waals surface area contributed by atoms with Crippen LogP contribution in [0.15, 0.2) is 97.6 Å². The fourth-order valence-electron chi connectivity index (χ4n) is 4.62. The van der Waals surface area contributed by atoms with E-state index in [1.54, 1.807) is 0 Å². The summed E-state index contributed by atoms with van der Waals surface area (Å²) in [4.78, 5) is 13.9. The van der Waals surface area contributed by atoms with Gasteiger partial charge in [0.05, 0.1) is 17.6 Å². The van der Waals surface area contributed by atoms with Crippen LogP contribution >= 0.6 is 0 Å². The molecule has 0 aromatic heterocycles. The van der Waals surface area contributed by atoms with Crippen LogP contribution in [0.2, 0.25) is 0 Å². The maximum absolute atomic E-state index is 13.9.